The van der Waals surface area contributed by atoms with Crippen molar-refractivity contribution in [3.63, 3.8) is 0 Å². The van der Waals surface area contributed by atoms with Gasteiger partial charge in [0.25, 0.3) is 0 Å². The highest BCUT2D eigenvalue weighted by Crippen LogP contribution is 2.33. The van der Waals surface area contributed by atoms with Gasteiger partial charge in [0.2, 0.25) is 0 Å². The van der Waals surface area contributed by atoms with Gasteiger partial charge in [-0.25, -0.2) is 0 Å². The summed E-state index contributed by atoms with van der Waals surface area (Å²) in [5.74, 6) is 1.66. The van der Waals surface area contributed by atoms with Gasteiger partial charge in [-0.3, -0.25) is 4.90 Å². The topological polar surface area (TPSA) is 37.0 Å². The van der Waals surface area contributed by atoms with Gasteiger partial charge >= 0.3 is 0 Å². The van der Waals surface area contributed by atoms with E-state index in [0.717, 1.165) is 44.1 Å². The Balaban J connectivity index is 2.30. The van der Waals surface area contributed by atoms with E-state index in [1.54, 1.807) is 7.11 Å². The average molecular weight is 335 g/mol. The Kier molecular flexibility index (Phi) is 7.34. The zero-order chi connectivity index (χ0) is 17.5. The van der Waals surface area contributed by atoms with Crippen molar-refractivity contribution in [1.82, 2.24) is 15.1 Å². The van der Waals surface area contributed by atoms with E-state index in [1.807, 2.05) is 6.07 Å². The van der Waals surface area contributed by atoms with E-state index < -0.39 is 0 Å². The number of benzene rings is 1. The number of likely N-dealkylation sites (N-methyl/N-ethyl adjacent to an activating group) is 1. The Labute approximate surface area is 146 Å². The standard InChI is InChI=1S/C19H33N3O2/c1-6-11-24-19-12-16(7-8-18(19)23-5)17(14-21(3)4)22-10-9-20-13-15(22)2/h7-8,12,15,17,20H,6,9-11,13-14H2,1-5H3. The fourth-order valence-corrected chi connectivity index (χ4v) is 3.29. The highest BCUT2D eigenvalue weighted by molar-refractivity contribution is 5.44. The second-order valence-corrected chi connectivity index (χ2v) is 6.83. The normalized spacial score (nSPS) is 20.2. The van der Waals surface area contributed by atoms with E-state index in [1.165, 1.54) is 5.56 Å². The van der Waals surface area contributed by atoms with Crippen molar-refractivity contribution in [2.24, 2.45) is 0 Å². The molecular weight excluding hydrogens is 302 g/mol. The summed E-state index contributed by atoms with van der Waals surface area (Å²) in [6.45, 7) is 9.27. The lowest BCUT2D eigenvalue weighted by atomic mass is 10.0. The number of hydrogen-bond donors (Lipinski definition) is 1. The average Bonchev–Trinajstić information content (AvgIpc) is 2.58. The summed E-state index contributed by atoms with van der Waals surface area (Å²) in [5, 5.41) is 3.48. The molecule has 2 atom stereocenters. The molecule has 1 aliphatic rings. The Hall–Kier alpha value is -1.30. The van der Waals surface area contributed by atoms with Crippen molar-refractivity contribution in [3.05, 3.63) is 23.8 Å². The summed E-state index contributed by atoms with van der Waals surface area (Å²) in [5.41, 5.74) is 1.30. The molecule has 2 unspecified atom stereocenters. The molecule has 1 aliphatic heterocycles. The fraction of sp³-hybridized carbons (Fsp3) is 0.684. The molecule has 1 aromatic carbocycles. The predicted molar refractivity (Wildman–Crippen MR) is 99.1 cm³/mol. The largest absolute Gasteiger partial charge is 0.493 e. The van der Waals surface area contributed by atoms with E-state index in [0.29, 0.717) is 18.7 Å². The highest BCUT2D eigenvalue weighted by Gasteiger charge is 2.28. The van der Waals surface area contributed by atoms with E-state index >= 15 is 0 Å². The Morgan fingerprint density at radius 2 is 2.12 bits per heavy atom. The van der Waals surface area contributed by atoms with Gasteiger partial charge < -0.3 is 19.7 Å². The van der Waals surface area contributed by atoms with Crippen LogP contribution in [0.25, 0.3) is 0 Å². The first-order valence-corrected chi connectivity index (χ1v) is 8.98. The van der Waals surface area contributed by atoms with Gasteiger partial charge in [0, 0.05) is 38.3 Å². The van der Waals surface area contributed by atoms with Gasteiger partial charge in [-0.1, -0.05) is 13.0 Å². The SMILES string of the molecule is CCCOc1cc(C(CN(C)C)N2CCNCC2C)ccc1OC. The molecule has 1 fully saturated rings. The van der Waals surface area contributed by atoms with Gasteiger partial charge in [0.15, 0.2) is 11.5 Å². The summed E-state index contributed by atoms with van der Waals surface area (Å²) in [6.07, 6.45) is 0.989. The summed E-state index contributed by atoms with van der Waals surface area (Å²) in [7, 11) is 5.97. The number of nitrogens with one attached hydrogen (secondary N) is 1. The van der Waals surface area contributed by atoms with Crippen LogP contribution in [-0.4, -0.2) is 69.8 Å². The Bertz CT molecular complexity index is 507. The lowest BCUT2D eigenvalue weighted by Crippen LogP contribution is -2.52. The first kappa shape index (κ1) is 19.0. The van der Waals surface area contributed by atoms with E-state index in [2.05, 4.69) is 55.2 Å². The quantitative estimate of drug-likeness (QED) is 0.789. The van der Waals surface area contributed by atoms with Crippen molar-refractivity contribution in [3.8, 4) is 11.5 Å². The van der Waals surface area contributed by atoms with Crippen LogP contribution in [0.1, 0.15) is 31.9 Å². The second kappa shape index (κ2) is 9.25. The maximum Gasteiger partial charge on any atom is 0.161 e. The molecule has 0 aromatic heterocycles. The number of methoxy groups -OCH3 is 1. The van der Waals surface area contributed by atoms with Crippen molar-refractivity contribution in [1.29, 1.82) is 0 Å². The van der Waals surface area contributed by atoms with Crippen molar-refractivity contribution in [2.75, 3.05) is 54.0 Å². The van der Waals surface area contributed by atoms with Crippen LogP contribution in [-0.2, 0) is 0 Å². The molecule has 136 valence electrons. The van der Waals surface area contributed by atoms with Crippen LogP contribution in [0.5, 0.6) is 11.5 Å². The van der Waals surface area contributed by atoms with E-state index in [9.17, 15) is 0 Å². The minimum absolute atomic E-state index is 0.354. The van der Waals surface area contributed by atoms with Crippen LogP contribution in [0.15, 0.2) is 18.2 Å². The number of ether oxygens (including phenoxy) is 2. The molecule has 1 heterocycles. The molecule has 0 saturated carbocycles. The summed E-state index contributed by atoms with van der Waals surface area (Å²) < 4.78 is 11.4. The maximum atomic E-state index is 5.92. The summed E-state index contributed by atoms with van der Waals surface area (Å²) >= 11 is 0. The van der Waals surface area contributed by atoms with Crippen LogP contribution in [0.4, 0.5) is 0 Å². The molecular formula is C19H33N3O2. The van der Waals surface area contributed by atoms with E-state index in [-0.39, 0.29) is 0 Å². The van der Waals surface area contributed by atoms with Crippen LogP contribution in [0.3, 0.4) is 0 Å². The minimum Gasteiger partial charge on any atom is -0.493 e. The Morgan fingerprint density at radius 1 is 1.33 bits per heavy atom. The number of hydrogen-bond acceptors (Lipinski definition) is 5. The lowest BCUT2D eigenvalue weighted by Gasteiger charge is -2.41. The zero-order valence-electron chi connectivity index (χ0n) is 15.8. The van der Waals surface area contributed by atoms with Crippen molar-refractivity contribution < 1.29 is 9.47 Å². The molecule has 1 N–H and O–H groups in total. The van der Waals surface area contributed by atoms with Gasteiger partial charge in [-0.2, -0.15) is 0 Å². The van der Waals surface area contributed by atoms with Gasteiger partial charge in [-0.15, -0.1) is 0 Å². The third kappa shape index (κ3) is 4.85. The molecule has 0 bridgehead atoms. The first-order chi connectivity index (χ1) is 11.6. The van der Waals surface area contributed by atoms with Gasteiger partial charge in [0.1, 0.15) is 0 Å². The van der Waals surface area contributed by atoms with Crippen LogP contribution in [0.2, 0.25) is 0 Å². The molecule has 1 saturated heterocycles. The smallest absolute Gasteiger partial charge is 0.161 e. The third-order valence-corrected chi connectivity index (χ3v) is 4.53. The summed E-state index contributed by atoms with van der Waals surface area (Å²) in [4.78, 5) is 4.86. The molecule has 5 heteroatoms. The molecule has 0 spiro atoms. The molecule has 0 aliphatic carbocycles. The number of piperazine rings is 1. The number of nitrogens with zero attached hydrogens (tertiary/aromatic N) is 2. The molecule has 2 rings (SSSR count). The molecule has 1 aromatic rings. The second-order valence-electron chi connectivity index (χ2n) is 6.83. The van der Waals surface area contributed by atoms with Crippen LogP contribution >= 0.6 is 0 Å². The fourth-order valence-electron chi connectivity index (χ4n) is 3.29. The minimum atomic E-state index is 0.354. The number of rotatable bonds is 8. The van der Waals surface area contributed by atoms with Gasteiger partial charge in [0.05, 0.1) is 13.7 Å². The van der Waals surface area contributed by atoms with E-state index in [4.69, 9.17) is 9.47 Å². The van der Waals surface area contributed by atoms with Crippen LogP contribution in [0, 0.1) is 0 Å². The van der Waals surface area contributed by atoms with Crippen molar-refractivity contribution >= 4 is 0 Å². The molecule has 5 nitrogen and oxygen atoms in total. The molecule has 0 radical (unpaired) electrons. The van der Waals surface area contributed by atoms with Gasteiger partial charge in [-0.05, 0) is 45.1 Å². The Morgan fingerprint density at radius 3 is 2.75 bits per heavy atom. The highest BCUT2D eigenvalue weighted by atomic mass is 16.5. The van der Waals surface area contributed by atoms with Crippen LogP contribution < -0.4 is 14.8 Å². The lowest BCUT2D eigenvalue weighted by molar-refractivity contribution is 0.0965. The summed E-state index contributed by atoms with van der Waals surface area (Å²) in [6, 6.07) is 7.26. The first-order valence-electron chi connectivity index (χ1n) is 8.98. The maximum absolute atomic E-state index is 5.92. The zero-order valence-corrected chi connectivity index (χ0v) is 15.8. The van der Waals surface area contributed by atoms with Crippen molar-refractivity contribution in [2.45, 2.75) is 32.4 Å². The predicted octanol–water partition coefficient (Wildman–Crippen LogP) is 2.38. The monoisotopic (exact) mass is 335 g/mol. The third-order valence-electron chi connectivity index (χ3n) is 4.53. The molecule has 24 heavy (non-hydrogen) atoms. The molecule has 0 amide bonds.